The lowest BCUT2D eigenvalue weighted by molar-refractivity contribution is 0.545. The van der Waals surface area contributed by atoms with Gasteiger partial charge in [-0.15, -0.1) is 0 Å². The third-order valence-corrected chi connectivity index (χ3v) is 4.53. The summed E-state index contributed by atoms with van der Waals surface area (Å²) in [6.07, 6.45) is 4.59. The molecule has 0 aliphatic heterocycles. The molecule has 7 heteroatoms. The van der Waals surface area contributed by atoms with E-state index in [2.05, 4.69) is 15.3 Å². The number of H-pyrrole nitrogens is 1. The maximum Gasteiger partial charge on any atom is 0.175 e. The van der Waals surface area contributed by atoms with Gasteiger partial charge in [-0.2, -0.15) is 0 Å². The van der Waals surface area contributed by atoms with Crippen molar-refractivity contribution in [3.8, 4) is 0 Å². The highest BCUT2D eigenvalue weighted by molar-refractivity contribution is 7.90. The van der Waals surface area contributed by atoms with E-state index in [0.29, 0.717) is 17.1 Å². The van der Waals surface area contributed by atoms with Gasteiger partial charge in [0.05, 0.1) is 10.9 Å². The number of rotatable bonds is 5. The fraction of sp³-hybridized carbons (Fsp3) is 0.308. The van der Waals surface area contributed by atoms with Crippen LogP contribution < -0.4 is 5.32 Å². The maximum atomic E-state index is 11.8. The largest absolute Gasteiger partial charge is 0.347 e. The molecule has 0 saturated heterocycles. The molecule has 2 aromatic rings. The molecule has 0 saturated carbocycles. The summed E-state index contributed by atoms with van der Waals surface area (Å²) in [5, 5.41) is 3.65. The van der Waals surface area contributed by atoms with E-state index in [1.807, 2.05) is 6.92 Å². The standard InChI is InChI=1S/C13H16ClN3O2S/c1-9(13-15-6-7-16-13)17-8-10-11(14)4-3-5-12(10)20(2,18)19/h3-7,9,17H,8H2,1-2H3,(H,15,16). The minimum atomic E-state index is -3.31. The zero-order chi connectivity index (χ0) is 14.8. The van der Waals surface area contributed by atoms with Crippen molar-refractivity contribution in [3.63, 3.8) is 0 Å². The SMILES string of the molecule is CC(NCc1c(Cl)cccc1S(C)(=O)=O)c1ncc[nH]1. The van der Waals surface area contributed by atoms with Gasteiger partial charge in [0.25, 0.3) is 0 Å². The van der Waals surface area contributed by atoms with Gasteiger partial charge in [-0.3, -0.25) is 0 Å². The quantitative estimate of drug-likeness (QED) is 0.888. The molecule has 108 valence electrons. The van der Waals surface area contributed by atoms with Gasteiger partial charge in [0.15, 0.2) is 9.84 Å². The fourth-order valence-electron chi connectivity index (χ4n) is 1.92. The van der Waals surface area contributed by atoms with Crippen LogP contribution in [-0.2, 0) is 16.4 Å². The van der Waals surface area contributed by atoms with E-state index in [1.54, 1.807) is 30.6 Å². The zero-order valence-electron chi connectivity index (χ0n) is 11.2. The Morgan fingerprint density at radius 2 is 2.20 bits per heavy atom. The average Bonchev–Trinajstić information content (AvgIpc) is 2.89. The second-order valence-electron chi connectivity index (χ2n) is 4.57. The number of nitrogens with zero attached hydrogens (tertiary/aromatic N) is 1. The predicted octanol–water partition coefficient (Wildman–Crippen LogP) is 2.32. The summed E-state index contributed by atoms with van der Waals surface area (Å²) >= 11 is 6.12. The second kappa shape index (κ2) is 5.95. The number of hydrogen-bond donors (Lipinski definition) is 2. The van der Waals surface area contributed by atoms with E-state index < -0.39 is 9.84 Å². The van der Waals surface area contributed by atoms with E-state index in [0.717, 1.165) is 5.82 Å². The fourth-order valence-corrected chi connectivity index (χ4v) is 3.18. The van der Waals surface area contributed by atoms with Crippen LogP contribution in [0.1, 0.15) is 24.4 Å². The van der Waals surface area contributed by atoms with Crippen LogP contribution >= 0.6 is 11.6 Å². The van der Waals surface area contributed by atoms with Gasteiger partial charge in [0.1, 0.15) is 5.82 Å². The Hall–Kier alpha value is -1.37. The Morgan fingerprint density at radius 1 is 1.45 bits per heavy atom. The molecule has 0 aliphatic carbocycles. The summed E-state index contributed by atoms with van der Waals surface area (Å²) in [6, 6.07) is 4.85. The molecule has 20 heavy (non-hydrogen) atoms. The Kier molecular flexibility index (Phi) is 4.47. The van der Waals surface area contributed by atoms with E-state index >= 15 is 0 Å². The van der Waals surface area contributed by atoms with Gasteiger partial charge in [-0.25, -0.2) is 13.4 Å². The molecule has 2 rings (SSSR count). The lowest BCUT2D eigenvalue weighted by atomic mass is 10.2. The highest BCUT2D eigenvalue weighted by Gasteiger charge is 2.17. The van der Waals surface area contributed by atoms with Crippen molar-refractivity contribution < 1.29 is 8.42 Å². The topological polar surface area (TPSA) is 74.8 Å². The molecule has 0 aliphatic rings. The first kappa shape index (κ1) is 15.0. The van der Waals surface area contributed by atoms with Crippen molar-refractivity contribution in [2.24, 2.45) is 0 Å². The number of imidazole rings is 1. The predicted molar refractivity (Wildman–Crippen MR) is 78.4 cm³/mol. The molecule has 5 nitrogen and oxygen atoms in total. The number of sulfone groups is 1. The van der Waals surface area contributed by atoms with Gasteiger partial charge < -0.3 is 10.3 Å². The van der Waals surface area contributed by atoms with Crippen LogP contribution in [0.2, 0.25) is 5.02 Å². The number of aromatic amines is 1. The first-order valence-corrected chi connectivity index (χ1v) is 8.36. The normalized spacial score (nSPS) is 13.3. The minimum Gasteiger partial charge on any atom is -0.347 e. The molecule has 1 heterocycles. The molecule has 1 unspecified atom stereocenters. The van der Waals surface area contributed by atoms with Crippen LogP contribution in [0.5, 0.6) is 0 Å². The van der Waals surface area contributed by atoms with Crippen molar-refractivity contribution >= 4 is 21.4 Å². The monoisotopic (exact) mass is 313 g/mol. The minimum absolute atomic E-state index is 0.0336. The molecule has 1 atom stereocenters. The van der Waals surface area contributed by atoms with Crippen LogP contribution in [-0.4, -0.2) is 24.6 Å². The lowest BCUT2D eigenvalue weighted by Crippen LogP contribution is -2.20. The lowest BCUT2D eigenvalue weighted by Gasteiger charge is -2.14. The average molecular weight is 314 g/mol. The van der Waals surface area contributed by atoms with Crippen molar-refractivity contribution in [1.29, 1.82) is 0 Å². The van der Waals surface area contributed by atoms with E-state index in [-0.39, 0.29) is 10.9 Å². The van der Waals surface area contributed by atoms with Crippen molar-refractivity contribution in [1.82, 2.24) is 15.3 Å². The number of hydrogen-bond acceptors (Lipinski definition) is 4. The Morgan fingerprint density at radius 3 is 2.80 bits per heavy atom. The third kappa shape index (κ3) is 3.39. The molecule has 0 radical (unpaired) electrons. The highest BCUT2D eigenvalue weighted by atomic mass is 35.5. The Balaban J connectivity index is 2.22. The molecular weight excluding hydrogens is 298 g/mol. The van der Waals surface area contributed by atoms with Crippen LogP contribution in [0.4, 0.5) is 0 Å². The number of aromatic nitrogens is 2. The summed E-state index contributed by atoms with van der Waals surface area (Å²) in [6.45, 7) is 2.29. The van der Waals surface area contributed by atoms with Gasteiger partial charge in [-0.05, 0) is 19.1 Å². The number of halogens is 1. The van der Waals surface area contributed by atoms with Gasteiger partial charge >= 0.3 is 0 Å². The molecule has 1 aromatic carbocycles. The number of nitrogens with one attached hydrogen (secondary N) is 2. The zero-order valence-corrected chi connectivity index (χ0v) is 12.8. The summed E-state index contributed by atoms with van der Waals surface area (Å²) in [5.74, 6) is 0.790. The van der Waals surface area contributed by atoms with E-state index in [4.69, 9.17) is 11.6 Å². The van der Waals surface area contributed by atoms with Crippen LogP contribution in [0.3, 0.4) is 0 Å². The second-order valence-corrected chi connectivity index (χ2v) is 6.96. The number of benzene rings is 1. The van der Waals surface area contributed by atoms with Crippen LogP contribution in [0.15, 0.2) is 35.5 Å². The van der Waals surface area contributed by atoms with Crippen molar-refractivity contribution in [2.75, 3.05) is 6.26 Å². The summed E-state index contributed by atoms with van der Waals surface area (Å²) in [7, 11) is -3.31. The van der Waals surface area contributed by atoms with Crippen molar-refractivity contribution in [3.05, 3.63) is 47.0 Å². The summed E-state index contributed by atoms with van der Waals surface area (Å²) in [4.78, 5) is 7.41. The molecule has 0 fully saturated rings. The molecule has 1 aromatic heterocycles. The first-order chi connectivity index (χ1) is 9.39. The Bertz CT molecular complexity index is 684. The van der Waals surface area contributed by atoms with Gasteiger partial charge in [0.2, 0.25) is 0 Å². The third-order valence-electron chi connectivity index (χ3n) is 2.99. The highest BCUT2D eigenvalue weighted by Crippen LogP contribution is 2.24. The molecule has 0 spiro atoms. The van der Waals surface area contributed by atoms with Crippen LogP contribution in [0.25, 0.3) is 0 Å². The van der Waals surface area contributed by atoms with E-state index in [1.165, 1.54) is 6.26 Å². The molecule has 0 bridgehead atoms. The summed E-state index contributed by atoms with van der Waals surface area (Å²) < 4.78 is 23.5. The first-order valence-electron chi connectivity index (χ1n) is 6.09. The molecular formula is C13H16ClN3O2S. The van der Waals surface area contributed by atoms with Crippen molar-refractivity contribution in [2.45, 2.75) is 24.4 Å². The summed E-state index contributed by atoms with van der Waals surface area (Å²) in [5.41, 5.74) is 0.579. The molecule has 2 N–H and O–H groups in total. The molecule has 0 amide bonds. The van der Waals surface area contributed by atoms with Gasteiger partial charge in [0, 0.05) is 35.8 Å². The van der Waals surface area contributed by atoms with Crippen LogP contribution in [0, 0.1) is 0 Å². The maximum absolute atomic E-state index is 11.8. The van der Waals surface area contributed by atoms with E-state index in [9.17, 15) is 8.42 Å². The smallest absolute Gasteiger partial charge is 0.175 e. The Labute approximate surface area is 123 Å². The van der Waals surface area contributed by atoms with Gasteiger partial charge in [-0.1, -0.05) is 17.7 Å².